The summed E-state index contributed by atoms with van der Waals surface area (Å²) in [5, 5.41) is 8.96. The van der Waals surface area contributed by atoms with Crippen LogP contribution in [0.2, 0.25) is 0 Å². The van der Waals surface area contributed by atoms with Gasteiger partial charge < -0.3 is 4.74 Å². The first kappa shape index (κ1) is 12.5. The average molecular weight is 256 g/mol. The highest BCUT2D eigenvalue weighted by molar-refractivity contribution is 7.98. The van der Waals surface area contributed by atoms with Crippen molar-refractivity contribution < 1.29 is 4.74 Å². The molecule has 0 aliphatic heterocycles. The lowest BCUT2D eigenvalue weighted by atomic mass is 10.2. The van der Waals surface area contributed by atoms with E-state index < -0.39 is 0 Å². The first-order valence-electron chi connectivity index (χ1n) is 5.44. The van der Waals surface area contributed by atoms with Crippen LogP contribution in [0.15, 0.2) is 47.5 Å². The first-order valence-corrected chi connectivity index (χ1v) is 6.43. The number of rotatable bonds is 4. The number of thioether (sulfide) groups is 1. The van der Waals surface area contributed by atoms with Crippen LogP contribution < -0.4 is 4.74 Å². The van der Waals surface area contributed by atoms with Crippen molar-refractivity contribution in [2.45, 2.75) is 10.6 Å². The highest BCUT2D eigenvalue weighted by Gasteiger charge is 2.03. The van der Waals surface area contributed by atoms with Crippen LogP contribution in [0.4, 0.5) is 0 Å². The molecule has 0 saturated heterocycles. The summed E-state index contributed by atoms with van der Waals surface area (Å²) in [4.78, 5) is 5.16. The first-order chi connectivity index (χ1) is 8.83. The minimum atomic E-state index is 0.493. The molecular weight excluding hydrogens is 244 g/mol. The SMILES string of the molecule is COc1cccc(SCc2cccnc2C#N)c1. The number of hydrogen-bond donors (Lipinski definition) is 0. The average Bonchev–Trinajstić information content (AvgIpc) is 2.45. The monoisotopic (exact) mass is 256 g/mol. The molecular formula is C14H12N2OS. The molecule has 0 amide bonds. The standard InChI is InChI=1S/C14H12N2OS/c1-17-12-5-2-6-13(8-12)18-10-11-4-3-7-16-14(11)9-15/h2-8H,10H2,1H3. The zero-order valence-electron chi connectivity index (χ0n) is 9.96. The second-order valence-corrected chi connectivity index (χ2v) is 4.64. The smallest absolute Gasteiger partial charge is 0.144 e. The van der Waals surface area contributed by atoms with Crippen LogP contribution in [0, 0.1) is 11.3 Å². The van der Waals surface area contributed by atoms with E-state index in [-0.39, 0.29) is 0 Å². The predicted octanol–water partition coefficient (Wildman–Crippen LogP) is 3.25. The largest absolute Gasteiger partial charge is 0.497 e. The van der Waals surface area contributed by atoms with Gasteiger partial charge in [-0.15, -0.1) is 11.8 Å². The molecule has 0 radical (unpaired) electrons. The number of nitriles is 1. The van der Waals surface area contributed by atoms with Gasteiger partial charge in [-0.25, -0.2) is 4.98 Å². The molecule has 3 nitrogen and oxygen atoms in total. The molecule has 4 heteroatoms. The van der Waals surface area contributed by atoms with Crippen LogP contribution in [0.1, 0.15) is 11.3 Å². The third kappa shape index (κ3) is 3.02. The van der Waals surface area contributed by atoms with Crippen molar-refractivity contribution in [3.8, 4) is 11.8 Å². The fourth-order valence-corrected chi connectivity index (χ4v) is 2.44. The van der Waals surface area contributed by atoms with E-state index in [4.69, 9.17) is 10.00 Å². The summed E-state index contributed by atoms with van der Waals surface area (Å²) in [6.45, 7) is 0. The van der Waals surface area contributed by atoms with Crippen LogP contribution in [0.3, 0.4) is 0 Å². The van der Waals surface area contributed by atoms with Crippen molar-refractivity contribution in [2.75, 3.05) is 7.11 Å². The third-order valence-electron chi connectivity index (χ3n) is 2.43. The van der Waals surface area contributed by atoms with Gasteiger partial charge in [0.2, 0.25) is 0 Å². The molecule has 0 fully saturated rings. The second-order valence-electron chi connectivity index (χ2n) is 3.59. The molecule has 0 aliphatic carbocycles. The Morgan fingerprint density at radius 1 is 1.33 bits per heavy atom. The summed E-state index contributed by atoms with van der Waals surface area (Å²) in [7, 11) is 1.65. The van der Waals surface area contributed by atoms with Gasteiger partial charge in [0.05, 0.1) is 7.11 Å². The topological polar surface area (TPSA) is 45.9 Å². The molecule has 1 heterocycles. The fourth-order valence-electron chi connectivity index (χ4n) is 1.51. The van der Waals surface area contributed by atoms with E-state index in [0.29, 0.717) is 5.69 Å². The number of methoxy groups -OCH3 is 1. The third-order valence-corrected chi connectivity index (χ3v) is 3.48. The highest BCUT2D eigenvalue weighted by atomic mass is 32.2. The number of aromatic nitrogens is 1. The lowest BCUT2D eigenvalue weighted by Gasteiger charge is -2.05. The van der Waals surface area contributed by atoms with Crippen LogP contribution >= 0.6 is 11.8 Å². The Kier molecular flexibility index (Phi) is 4.21. The molecule has 0 spiro atoms. The molecule has 90 valence electrons. The molecule has 0 unspecified atom stereocenters. The molecule has 0 N–H and O–H groups in total. The Morgan fingerprint density at radius 3 is 3.00 bits per heavy atom. The van der Waals surface area contributed by atoms with Crippen molar-refractivity contribution in [2.24, 2.45) is 0 Å². The maximum Gasteiger partial charge on any atom is 0.144 e. The zero-order chi connectivity index (χ0) is 12.8. The van der Waals surface area contributed by atoms with E-state index >= 15 is 0 Å². The van der Waals surface area contributed by atoms with Crippen molar-refractivity contribution in [3.05, 3.63) is 53.9 Å². The molecule has 1 aromatic heterocycles. The zero-order valence-corrected chi connectivity index (χ0v) is 10.8. The van der Waals surface area contributed by atoms with E-state index in [9.17, 15) is 0 Å². The van der Waals surface area contributed by atoms with Gasteiger partial charge in [-0.05, 0) is 29.8 Å². The van der Waals surface area contributed by atoms with Crippen molar-refractivity contribution >= 4 is 11.8 Å². The van der Waals surface area contributed by atoms with E-state index in [0.717, 1.165) is 22.0 Å². The van der Waals surface area contributed by atoms with E-state index in [1.54, 1.807) is 25.1 Å². The summed E-state index contributed by atoms with van der Waals surface area (Å²) < 4.78 is 5.17. The molecule has 0 atom stereocenters. The Labute approximate surface area is 110 Å². The quantitative estimate of drug-likeness (QED) is 0.788. The maximum absolute atomic E-state index is 8.96. The minimum Gasteiger partial charge on any atom is -0.497 e. The predicted molar refractivity (Wildman–Crippen MR) is 71.5 cm³/mol. The van der Waals surface area contributed by atoms with Gasteiger partial charge in [0.1, 0.15) is 17.5 Å². The summed E-state index contributed by atoms with van der Waals surface area (Å²) in [6.07, 6.45) is 1.64. The minimum absolute atomic E-state index is 0.493. The van der Waals surface area contributed by atoms with Crippen LogP contribution in [0.5, 0.6) is 5.75 Å². The van der Waals surface area contributed by atoms with Gasteiger partial charge in [0.15, 0.2) is 0 Å². The van der Waals surface area contributed by atoms with E-state index in [1.807, 2.05) is 36.4 Å². The van der Waals surface area contributed by atoms with Gasteiger partial charge in [-0.3, -0.25) is 0 Å². The second kappa shape index (κ2) is 6.08. The number of pyridine rings is 1. The van der Waals surface area contributed by atoms with Crippen molar-refractivity contribution in [1.29, 1.82) is 5.26 Å². The molecule has 0 aliphatic rings. The maximum atomic E-state index is 8.96. The van der Waals surface area contributed by atoms with Gasteiger partial charge in [-0.2, -0.15) is 5.26 Å². The summed E-state index contributed by atoms with van der Waals surface area (Å²) in [6, 6.07) is 13.8. The molecule has 2 rings (SSSR count). The summed E-state index contributed by atoms with van der Waals surface area (Å²) in [5.41, 5.74) is 1.45. The van der Waals surface area contributed by atoms with Crippen molar-refractivity contribution in [3.63, 3.8) is 0 Å². The lowest BCUT2D eigenvalue weighted by molar-refractivity contribution is 0.413. The van der Waals surface area contributed by atoms with Gasteiger partial charge in [0, 0.05) is 16.8 Å². The number of ether oxygens (including phenoxy) is 1. The van der Waals surface area contributed by atoms with Crippen LogP contribution in [-0.2, 0) is 5.75 Å². The number of nitrogens with zero attached hydrogens (tertiary/aromatic N) is 2. The molecule has 0 saturated carbocycles. The summed E-state index contributed by atoms with van der Waals surface area (Å²) in [5.74, 6) is 1.57. The van der Waals surface area contributed by atoms with Gasteiger partial charge in [0.25, 0.3) is 0 Å². The Bertz CT molecular complexity index is 578. The fraction of sp³-hybridized carbons (Fsp3) is 0.143. The normalized spacial score (nSPS) is 9.78. The van der Waals surface area contributed by atoms with Gasteiger partial charge >= 0.3 is 0 Å². The molecule has 2 aromatic rings. The Morgan fingerprint density at radius 2 is 2.22 bits per heavy atom. The summed E-state index contributed by atoms with van der Waals surface area (Å²) >= 11 is 1.66. The van der Waals surface area contributed by atoms with Gasteiger partial charge in [-0.1, -0.05) is 12.1 Å². The van der Waals surface area contributed by atoms with E-state index in [2.05, 4.69) is 11.1 Å². The Balaban J connectivity index is 2.09. The van der Waals surface area contributed by atoms with Crippen molar-refractivity contribution in [1.82, 2.24) is 4.98 Å². The highest BCUT2D eigenvalue weighted by Crippen LogP contribution is 2.26. The lowest BCUT2D eigenvalue weighted by Crippen LogP contribution is -1.90. The van der Waals surface area contributed by atoms with Crippen LogP contribution in [-0.4, -0.2) is 12.1 Å². The number of benzene rings is 1. The Hall–Kier alpha value is -1.99. The molecule has 0 bridgehead atoms. The molecule has 1 aromatic carbocycles. The van der Waals surface area contributed by atoms with Crippen LogP contribution in [0.25, 0.3) is 0 Å². The van der Waals surface area contributed by atoms with E-state index in [1.165, 1.54) is 0 Å². The molecule has 18 heavy (non-hydrogen) atoms. The number of hydrogen-bond acceptors (Lipinski definition) is 4.